The van der Waals surface area contributed by atoms with Gasteiger partial charge in [0, 0.05) is 0 Å². The molecule has 0 aromatic heterocycles. The first kappa shape index (κ1) is 16.5. The van der Waals surface area contributed by atoms with Gasteiger partial charge in [0.2, 0.25) is 0 Å². The third-order valence-corrected chi connectivity index (χ3v) is 1.47. The summed E-state index contributed by atoms with van der Waals surface area (Å²) in [6.07, 6.45) is 0. The second-order valence-corrected chi connectivity index (χ2v) is 2.60. The second kappa shape index (κ2) is 7.07. The predicted octanol–water partition coefficient (Wildman–Crippen LogP) is -2.27. The third kappa shape index (κ3) is 15.7. The van der Waals surface area contributed by atoms with Crippen LogP contribution in [0.3, 0.4) is 0 Å². The maximum atomic E-state index is 9.47. The van der Waals surface area contributed by atoms with Crippen molar-refractivity contribution in [2.75, 3.05) is 0 Å². The van der Waals surface area contributed by atoms with Crippen LogP contribution in [0.2, 0.25) is 0 Å². The van der Waals surface area contributed by atoms with Crippen molar-refractivity contribution in [3.63, 3.8) is 0 Å². The molecule has 0 amide bonds. The Morgan fingerprint density at radius 1 is 1.50 bits per heavy atom. The number of rotatable bonds is 1. The first-order valence-electron chi connectivity index (χ1n) is 0.969. The van der Waals surface area contributed by atoms with Crippen LogP contribution in [0.15, 0.2) is 0 Å². The van der Waals surface area contributed by atoms with Crippen LogP contribution in [0.1, 0.15) is 0 Å². The maximum absolute atomic E-state index is 9.47. The zero-order valence-corrected chi connectivity index (χ0v) is 5.11. The van der Waals surface area contributed by atoms with Crippen molar-refractivity contribution in [2.24, 2.45) is 0 Å². The van der Waals surface area contributed by atoms with Crippen molar-refractivity contribution < 1.29 is 38.3 Å². The summed E-state index contributed by atoms with van der Waals surface area (Å²) >= 11 is 0.945. The van der Waals surface area contributed by atoms with Crippen molar-refractivity contribution in [1.82, 2.24) is 0 Å². The Bertz CT molecular complexity index is 80.1. The molecule has 0 saturated carbocycles. The molecule has 0 aromatic carbocycles. The molecule has 4 nitrogen and oxygen atoms in total. The number of phosphoric acid groups is 1. The molecule has 8 heteroatoms. The molecule has 0 rings (SSSR count). The van der Waals surface area contributed by atoms with Crippen LogP contribution in [-0.4, -0.2) is 46.0 Å². The summed E-state index contributed by atoms with van der Waals surface area (Å²) in [4.78, 5) is 15.4. The van der Waals surface area contributed by atoms with Crippen LogP contribution in [0.4, 0.5) is 0 Å². The van der Waals surface area contributed by atoms with E-state index in [0.29, 0.717) is 0 Å². The van der Waals surface area contributed by atoms with Gasteiger partial charge < -0.3 is 0 Å². The van der Waals surface area contributed by atoms with E-state index in [1.54, 1.807) is 0 Å². The van der Waals surface area contributed by atoms with Gasteiger partial charge in [-0.2, -0.15) is 0 Å². The molecule has 0 spiro atoms. The van der Waals surface area contributed by atoms with Gasteiger partial charge in [0.05, 0.1) is 0 Å². The molecule has 0 aromatic rings. The summed E-state index contributed by atoms with van der Waals surface area (Å²) < 4.78 is 13.1. The molecule has 0 saturated heterocycles. The van der Waals surface area contributed by atoms with Gasteiger partial charge in [-0.15, -0.1) is 0 Å². The quantitative estimate of drug-likeness (QED) is 0.355. The topological polar surface area (TPSA) is 66.8 Å². The molecule has 8 heavy (non-hydrogen) atoms. The van der Waals surface area contributed by atoms with Crippen molar-refractivity contribution in [2.45, 2.75) is 0 Å². The zero-order valence-electron chi connectivity index (χ0n) is 2.66. The van der Waals surface area contributed by atoms with Crippen LogP contribution in [0.25, 0.3) is 0 Å². The van der Waals surface area contributed by atoms with Gasteiger partial charge in [0.15, 0.2) is 17.4 Å². The van der Waals surface area contributed by atoms with E-state index in [2.05, 4.69) is 3.11 Å². The Hall–Kier alpha value is 1.95. The van der Waals surface area contributed by atoms with Crippen LogP contribution in [0.5, 0.6) is 0 Å². The summed E-state index contributed by atoms with van der Waals surface area (Å²) in [5.74, 6) is 0. The molecule has 0 aliphatic heterocycles. The Labute approximate surface area is 81.8 Å². The fourth-order valence-corrected chi connectivity index (χ4v) is 0. The summed E-state index contributed by atoms with van der Waals surface area (Å²) in [5, 5.41) is 0. The molecular formula is H6AlLiO4PTi. The fraction of sp³-hybridized carbons (Fsp3) is 0. The van der Waals surface area contributed by atoms with Gasteiger partial charge in [-0.05, 0) is 0 Å². The molecule has 0 unspecified atom stereocenters. The summed E-state index contributed by atoms with van der Waals surface area (Å²) in [7, 11) is -4.15. The van der Waals surface area contributed by atoms with Crippen LogP contribution < -0.4 is 0 Å². The second-order valence-electron chi connectivity index (χ2n) is 0.582. The predicted molar refractivity (Wildman–Crippen MR) is 30.2 cm³/mol. The molecule has 43 valence electrons. The first-order valence-corrected chi connectivity index (χ1v) is 3.14. The minimum atomic E-state index is -4.15. The van der Waals surface area contributed by atoms with Crippen molar-refractivity contribution in [3.05, 3.63) is 0 Å². The molecular weight excluding hydrogens is 177 g/mol. The van der Waals surface area contributed by atoms with E-state index in [-0.39, 0.29) is 36.2 Å². The van der Waals surface area contributed by atoms with Gasteiger partial charge in [0.1, 0.15) is 0 Å². The molecule has 0 radical (unpaired) electrons. The normalized spacial score (nSPS) is 8.62. The van der Waals surface area contributed by atoms with Gasteiger partial charge in [0.25, 0.3) is 0 Å². The standard InChI is InChI=1S/Al.Li.H3O4P.Ti.4H/c;;1-5(2,3)4;;;;;/h;;(H3,1,2,3,4);;;;;/q;;;+1;;;;/p-1. The fourth-order valence-electron chi connectivity index (χ4n) is 0. The Morgan fingerprint density at radius 2 is 1.62 bits per heavy atom. The van der Waals surface area contributed by atoms with E-state index in [4.69, 9.17) is 9.79 Å². The molecule has 0 aliphatic carbocycles. The summed E-state index contributed by atoms with van der Waals surface area (Å²) in [5.41, 5.74) is 0. The third-order valence-electron chi connectivity index (χ3n) is 0.119. The SMILES string of the molecule is O=P(O)(O)[O][Ti].[AlH3].[LiH]. The van der Waals surface area contributed by atoms with Crippen LogP contribution in [0, 0.1) is 0 Å². The Kier molecular flexibility index (Phi) is 14.6. The average molecular weight is 183 g/mol. The molecule has 0 fully saturated rings. The van der Waals surface area contributed by atoms with Crippen molar-refractivity contribution in [3.8, 4) is 0 Å². The minimum absolute atomic E-state index is 0. The Morgan fingerprint density at radius 3 is 1.62 bits per heavy atom. The van der Waals surface area contributed by atoms with Gasteiger partial charge in [-0.25, -0.2) is 0 Å². The van der Waals surface area contributed by atoms with E-state index < -0.39 is 7.82 Å². The molecule has 0 bridgehead atoms. The van der Waals surface area contributed by atoms with Gasteiger partial charge >= 0.3 is 65.0 Å². The molecule has 0 aliphatic rings. The van der Waals surface area contributed by atoms with Crippen molar-refractivity contribution >= 4 is 44.0 Å². The number of hydrogen-bond donors (Lipinski definition) is 2. The van der Waals surface area contributed by atoms with E-state index >= 15 is 0 Å². The molecule has 2 N–H and O–H groups in total. The van der Waals surface area contributed by atoms with Crippen LogP contribution in [-0.2, 0) is 28.5 Å². The molecule has 0 heterocycles. The summed E-state index contributed by atoms with van der Waals surface area (Å²) in [6, 6.07) is 0. The van der Waals surface area contributed by atoms with E-state index in [1.165, 1.54) is 0 Å². The van der Waals surface area contributed by atoms with Gasteiger partial charge in [-0.1, -0.05) is 0 Å². The summed E-state index contributed by atoms with van der Waals surface area (Å²) in [6.45, 7) is 0. The van der Waals surface area contributed by atoms with E-state index in [9.17, 15) is 4.57 Å². The first-order chi connectivity index (χ1) is 2.56. The number of hydrogen-bond acceptors (Lipinski definition) is 2. The van der Waals surface area contributed by atoms with Gasteiger partial charge in [-0.3, -0.25) is 0 Å². The van der Waals surface area contributed by atoms with Crippen LogP contribution >= 0.6 is 7.82 Å². The average Bonchev–Trinajstić information content (AvgIpc) is 1.35. The van der Waals surface area contributed by atoms with E-state index in [0.717, 1.165) is 20.8 Å². The molecule has 0 atom stereocenters. The van der Waals surface area contributed by atoms with E-state index in [1.807, 2.05) is 0 Å². The monoisotopic (exact) mass is 183 g/mol. The zero-order chi connectivity index (χ0) is 5.21. The van der Waals surface area contributed by atoms with Crippen molar-refractivity contribution in [1.29, 1.82) is 0 Å². The Balaban J connectivity index is -0.000000125.